The fourth-order valence-electron chi connectivity index (χ4n) is 2.12. The quantitative estimate of drug-likeness (QED) is 0.600. The molecule has 0 radical (unpaired) electrons. The van der Waals surface area contributed by atoms with Gasteiger partial charge < -0.3 is 10.6 Å². The number of anilines is 3. The fraction of sp³-hybridized carbons (Fsp3) is 0. The Bertz CT molecular complexity index is 965. The van der Waals surface area contributed by atoms with E-state index in [0.717, 1.165) is 12.1 Å². The minimum atomic E-state index is -1.09. The number of halogens is 4. The van der Waals surface area contributed by atoms with Crippen molar-refractivity contribution in [1.29, 1.82) is 0 Å². The highest BCUT2D eigenvalue weighted by atomic mass is 35.5. The molecule has 1 amide bonds. The van der Waals surface area contributed by atoms with E-state index in [1.807, 2.05) is 0 Å². The third-order valence-electron chi connectivity index (χ3n) is 3.42. The van der Waals surface area contributed by atoms with Gasteiger partial charge in [0.15, 0.2) is 11.6 Å². The number of carbonyl (C=O) groups excluding carboxylic acids is 1. The Morgan fingerprint density at radius 3 is 2.50 bits per heavy atom. The Balaban J connectivity index is 1.70. The standard InChI is InChI=1S/C18H11Cl2F2N3O/c19-12-2-1-3-15(17(12)20)25-16-7-5-11(9-23-16)24-18(26)10-4-6-13(21)14(22)8-10/h1-9H,(H,23,25)(H,24,26). The van der Waals surface area contributed by atoms with Crippen LogP contribution in [-0.2, 0) is 0 Å². The number of amides is 1. The number of benzene rings is 2. The second kappa shape index (κ2) is 7.68. The largest absolute Gasteiger partial charge is 0.339 e. The lowest BCUT2D eigenvalue weighted by Gasteiger charge is -2.10. The number of nitrogens with zero attached hydrogens (tertiary/aromatic N) is 1. The molecule has 1 heterocycles. The summed E-state index contributed by atoms with van der Waals surface area (Å²) in [7, 11) is 0. The van der Waals surface area contributed by atoms with E-state index in [2.05, 4.69) is 15.6 Å². The van der Waals surface area contributed by atoms with Crippen LogP contribution < -0.4 is 10.6 Å². The molecule has 0 saturated heterocycles. The van der Waals surface area contributed by atoms with Crippen LogP contribution in [0.4, 0.5) is 26.0 Å². The molecule has 3 aromatic rings. The van der Waals surface area contributed by atoms with Gasteiger partial charge >= 0.3 is 0 Å². The number of aromatic nitrogens is 1. The summed E-state index contributed by atoms with van der Waals surface area (Å²) in [6.45, 7) is 0. The number of hydrogen-bond acceptors (Lipinski definition) is 3. The molecule has 2 N–H and O–H groups in total. The Morgan fingerprint density at radius 1 is 1.00 bits per heavy atom. The van der Waals surface area contributed by atoms with E-state index in [4.69, 9.17) is 23.2 Å². The molecule has 0 aliphatic rings. The zero-order valence-corrected chi connectivity index (χ0v) is 14.6. The number of pyridine rings is 1. The van der Waals surface area contributed by atoms with Crippen molar-refractivity contribution in [2.24, 2.45) is 0 Å². The molecular weight excluding hydrogens is 383 g/mol. The maximum absolute atomic E-state index is 13.2. The van der Waals surface area contributed by atoms with Crippen LogP contribution in [0.15, 0.2) is 54.7 Å². The smallest absolute Gasteiger partial charge is 0.255 e. The second-order valence-corrected chi connectivity index (χ2v) is 6.03. The zero-order chi connectivity index (χ0) is 18.7. The Hall–Kier alpha value is -2.70. The SMILES string of the molecule is O=C(Nc1ccc(Nc2cccc(Cl)c2Cl)nc1)c1ccc(F)c(F)c1. The van der Waals surface area contributed by atoms with Gasteiger partial charge in [0.05, 0.1) is 27.6 Å². The van der Waals surface area contributed by atoms with E-state index in [-0.39, 0.29) is 5.56 Å². The Morgan fingerprint density at radius 2 is 1.81 bits per heavy atom. The number of rotatable bonds is 4. The minimum absolute atomic E-state index is 0.00295. The van der Waals surface area contributed by atoms with Crippen molar-refractivity contribution in [1.82, 2.24) is 4.98 Å². The van der Waals surface area contributed by atoms with Crippen molar-refractivity contribution in [3.8, 4) is 0 Å². The van der Waals surface area contributed by atoms with Crippen molar-refractivity contribution in [2.45, 2.75) is 0 Å². The van der Waals surface area contributed by atoms with Gasteiger partial charge in [0.25, 0.3) is 5.91 Å². The minimum Gasteiger partial charge on any atom is -0.339 e. The molecule has 0 saturated carbocycles. The summed E-state index contributed by atoms with van der Waals surface area (Å²) in [5, 5.41) is 6.34. The molecule has 3 rings (SSSR count). The monoisotopic (exact) mass is 393 g/mol. The predicted octanol–water partition coefficient (Wildman–Crippen LogP) is 5.66. The summed E-state index contributed by atoms with van der Waals surface area (Å²) in [6.07, 6.45) is 1.42. The van der Waals surface area contributed by atoms with Gasteiger partial charge in [-0.15, -0.1) is 0 Å². The van der Waals surface area contributed by atoms with Crippen molar-refractivity contribution in [3.05, 3.63) is 82.0 Å². The van der Waals surface area contributed by atoms with E-state index < -0.39 is 17.5 Å². The van der Waals surface area contributed by atoms with E-state index >= 15 is 0 Å². The molecule has 4 nitrogen and oxygen atoms in total. The summed E-state index contributed by atoms with van der Waals surface area (Å²) in [5.74, 6) is -2.20. The van der Waals surface area contributed by atoms with Crippen LogP contribution in [0.2, 0.25) is 10.0 Å². The molecular formula is C18H11Cl2F2N3O. The summed E-state index contributed by atoms with van der Waals surface area (Å²) in [4.78, 5) is 16.2. The molecule has 0 atom stereocenters. The van der Waals surface area contributed by atoms with Gasteiger partial charge in [-0.3, -0.25) is 4.79 Å². The lowest BCUT2D eigenvalue weighted by molar-refractivity contribution is 0.102. The van der Waals surface area contributed by atoms with Crippen LogP contribution in [0.25, 0.3) is 0 Å². The maximum atomic E-state index is 13.2. The topological polar surface area (TPSA) is 54.0 Å². The lowest BCUT2D eigenvalue weighted by atomic mass is 10.2. The number of nitrogens with one attached hydrogen (secondary N) is 2. The first-order valence-electron chi connectivity index (χ1n) is 7.37. The summed E-state index contributed by atoms with van der Waals surface area (Å²) in [5.41, 5.74) is 0.976. The van der Waals surface area contributed by atoms with E-state index in [9.17, 15) is 13.6 Å². The fourth-order valence-corrected chi connectivity index (χ4v) is 2.47. The first-order valence-corrected chi connectivity index (χ1v) is 8.13. The number of carbonyl (C=O) groups is 1. The van der Waals surface area contributed by atoms with Crippen LogP contribution >= 0.6 is 23.2 Å². The van der Waals surface area contributed by atoms with E-state index in [0.29, 0.717) is 27.2 Å². The molecule has 0 aliphatic heterocycles. The number of hydrogen-bond donors (Lipinski definition) is 2. The third kappa shape index (κ3) is 4.09. The third-order valence-corrected chi connectivity index (χ3v) is 4.24. The van der Waals surface area contributed by atoms with Crippen LogP contribution in [0.3, 0.4) is 0 Å². The van der Waals surface area contributed by atoms with Crippen molar-refractivity contribution in [2.75, 3.05) is 10.6 Å². The highest BCUT2D eigenvalue weighted by Crippen LogP contribution is 2.31. The van der Waals surface area contributed by atoms with Crippen LogP contribution in [0, 0.1) is 11.6 Å². The molecule has 0 bridgehead atoms. The van der Waals surface area contributed by atoms with Gasteiger partial charge in [0.2, 0.25) is 0 Å². The van der Waals surface area contributed by atoms with Crippen LogP contribution in [0.1, 0.15) is 10.4 Å². The van der Waals surface area contributed by atoms with Crippen LogP contribution in [0.5, 0.6) is 0 Å². The normalized spacial score (nSPS) is 10.5. The van der Waals surface area contributed by atoms with Crippen molar-refractivity contribution >= 4 is 46.3 Å². The van der Waals surface area contributed by atoms with Crippen LogP contribution in [-0.4, -0.2) is 10.9 Å². The first-order chi connectivity index (χ1) is 12.4. The molecule has 132 valence electrons. The molecule has 26 heavy (non-hydrogen) atoms. The summed E-state index contributed by atoms with van der Waals surface area (Å²) in [6, 6.07) is 11.3. The van der Waals surface area contributed by atoms with E-state index in [1.165, 1.54) is 12.3 Å². The predicted molar refractivity (Wildman–Crippen MR) is 98.3 cm³/mol. The summed E-state index contributed by atoms with van der Waals surface area (Å²) < 4.78 is 26.1. The van der Waals surface area contributed by atoms with Gasteiger partial charge in [-0.1, -0.05) is 29.3 Å². The Labute approximate surface area is 157 Å². The van der Waals surface area contributed by atoms with Gasteiger partial charge in [-0.05, 0) is 42.5 Å². The van der Waals surface area contributed by atoms with Gasteiger partial charge in [0, 0.05) is 5.56 Å². The average Bonchev–Trinajstić information content (AvgIpc) is 2.63. The molecule has 0 spiro atoms. The molecule has 0 aliphatic carbocycles. The highest BCUT2D eigenvalue weighted by Gasteiger charge is 2.10. The molecule has 2 aromatic carbocycles. The van der Waals surface area contributed by atoms with Crippen molar-refractivity contribution < 1.29 is 13.6 Å². The van der Waals surface area contributed by atoms with E-state index in [1.54, 1.807) is 30.3 Å². The molecule has 1 aromatic heterocycles. The summed E-state index contributed by atoms with van der Waals surface area (Å²) >= 11 is 12.1. The Kier molecular flexibility index (Phi) is 5.35. The molecule has 8 heteroatoms. The maximum Gasteiger partial charge on any atom is 0.255 e. The second-order valence-electron chi connectivity index (χ2n) is 5.24. The van der Waals surface area contributed by atoms with Gasteiger partial charge in [0.1, 0.15) is 5.82 Å². The van der Waals surface area contributed by atoms with Gasteiger partial charge in [-0.2, -0.15) is 0 Å². The molecule has 0 fully saturated rings. The van der Waals surface area contributed by atoms with Crippen molar-refractivity contribution in [3.63, 3.8) is 0 Å². The first kappa shape index (κ1) is 18.1. The lowest BCUT2D eigenvalue weighted by Crippen LogP contribution is -2.12. The molecule has 0 unspecified atom stereocenters. The average molecular weight is 394 g/mol. The zero-order valence-electron chi connectivity index (χ0n) is 13.1. The van der Waals surface area contributed by atoms with Gasteiger partial charge in [-0.25, -0.2) is 13.8 Å². The highest BCUT2D eigenvalue weighted by molar-refractivity contribution is 6.43.